The topological polar surface area (TPSA) is 29.1 Å². The molecule has 0 aromatic rings. The van der Waals surface area contributed by atoms with E-state index in [1.54, 1.807) is 0 Å². The zero-order valence-corrected chi connectivity index (χ0v) is 13.3. The largest absolute Gasteiger partial charge is 0.349 e. The fourth-order valence-corrected chi connectivity index (χ4v) is 5.37. The van der Waals surface area contributed by atoms with Crippen molar-refractivity contribution in [2.24, 2.45) is 29.6 Å². The number of hydrogen-bond acceptors (Lipinski definition) is 1. The van der Waals surface area contributed by atoms with Crippen LogP contribution in [0.3, 0.4) is 0 Å². The van der Waals surface area contributed by atoms with E-state index in [9.17, 15) is 4.79 Å². The molecule has 2 bridgehead atoms. The van der Waals surface area contributed by atoms with Crippen molar-refractivity contribution in [2.75, 3.05) is 10.7 Å². The van der Waals surface area contributed by atoms with Crippen LogP contribution in [-0.2, 0) is 4.79 Å². The molecular weight excluding hydrogens is 346 g/mol. The second kappa shape index (κ2) is 4.22. The van der Waals surface area contributed by atoms with Gasteiger partial charge in [-0.25, -0.2) is 0 Å². The molecule has 96 valence electrons. The van der Waals surface area contributed by atoms with Gasteiger partial charge in [-0.3, -0.25) is 4.79 Å². The Labute approximate surface area is 120 Å². The number of hydrogen-bond donors (Lipinski definition) is 1. The van der Waals surface area contributed by atoms with Crippen LogP contribution in [0.5, 0.6) is 0 Å². The summed E-state index contributed by atoms with van der Waals surface area (Å²) in [6.45, 7) is 2.08. The summed E-state index contributed by atoms with van der Waals surface area (Å²) in [5, 5.41) is 4.81. The average molecular weight is 365 g/mol. The normalized spacial score (nSPS) is 42.4. The van der Waals surface area contributed by atoms with Crippen LogP contribution in [0.25, 0.3) is 0 Å². The number of carbonyl (C=O) groups excluding carboxylic acids is 1. The Kier molecular flexibility index (Phi) is 3.10. The highest BCUT2D eigenvalue weighted by molar-refractivity contribution is 9.09. The molecule has 3 aliphatic rings. The first-order valence-electron chi connectivity index (χ1n) is 6.53. The molecule has 3 aliphatic carbocycles. The quantitative estimate of drug-likeness (QED) is 0.763. The monoisotopic (exact) mass is 363 g/mol. The number of amides is 1. The van der Waals surface area contributed by atoms with Crippen LogP contribution in [0.15, 0.2) is 0 Å². The molecule has 0 saturated heterocycles. The summed E-state index contributed by atoms with van der Waals surface area (Å²) in [6, 6.07) is 0. The molecule has 1 N–H and O–H groups in total. The Morgan fingerprint density at radius 1 is 1.24 bits per heavy atom. The van der Waals surface area contributed by atoms with Gasteiger partial charge in [-0.1, -0.05) is 31.9 Å². The van der Waals surface area contributed by atoms with Crippen LogP contribution in [0.4, 0.5) is 0 Å². The Hall–Kier alpha value is 0.430. The van der Waals surface area contributed by atoms with E-state index in [2.05, 4.69) is 44.1 Å². The summed E-state index contributed by atoms with van der Waals surface area (Å²) in [5.41, 5.74) is -0.146. The third-order valence-electron chi connectivity index (χ3n) is 5.05. The van der Waals surface area contributed by atoms with Crippen molar-refractivity contribution in [3.8, 4) is 0 Å². The summed E-state index contributed by atoms with van der Waals surface area (Å²) in [6.07, 6.45) is 4.17. The SMILES string of the molecule is CC(CBr)(CBr)NC(=O)C1C2C3CCC(C3)C12. The highest BCUT2D eigenvalue weighted by Crippen LogP contribution is 2.69. The summed E-state index contributed by atoms with van der Waals surface area (Å²) in [7, 11) is 0. The minimum absolute atomic E-state index is 0.146. The van der Waals surface area contributed by atoms with Gasteiger partial charge in [0.05, 0.1) is 5.54 Å². The first-order chi connectivity index (χ1) is 8.09. The highest BCUT2D eigenvalue weighted by Gasteiger charge is 2.67. The molecule has 4 heteroatoms. The molecule has 3 saturated carbocycles. The van der Waals surface area contributed by atoms with Crippen molar-refractivity contribution in [1.29, 1.82) is 0 Å². The Balaban J connectivity index is 1.62. The van der Waals surface area contributed by atoms with Crippen LogP contribution in [0.2, 0.25) is 0 Å². The lowest BCUT2D eigenvalue weighted by atomic mass is 10.0. The first-order valence-corrected chi connectivity index (χ1v) is 8.78. The van der Waals surface area contributed by atoms with Gasteiger partial charge in [0.15, 0.2) is 0 Å². The van der Waals surface area contributed by atoms with Gasteiger partial charge < -0.3 is 5.32 Å². The lowest BCUT2D eigenvalue weighted by Gasteiger charge is -2.27. The molecule has 0 radical (unpaired) electrons. The summed E-state index contributed by atoms with van der Waals surface area (Å²) < 4.78 is 0. The van der Waals surface area contributed by atoms with E-state index in [1.165, 1.54) is 19.3 Å². The van der Waals surface area contributed by atoms with E-state index in [0.29, 0.717) is 11.8 Å². The Bertz CT molecular complexity index is 326. The fourth-order valence-electron chi connectivity index (χ4n) is 4.16. The van der Waals surface area contributed by atoms with Gasteiger partial charge in [0.2, 0.25) is 5.91 Å². The molecule has 3 fully saturated rings. The number of alkyl halides is 2. The van der Waals surface area contributed by atoms with Gasteiger partial charge in [0, 0.05) is 16.6 Å². The van der Waals surface area contributed by atoms with Gasteiger partial charge in [0.1, 0.15) is 0 Å². The lowest BCUT2D eigenvalue weighted by molar-refractivity contribution is -0.124. The molecule has 0 aromatic heterocycles. The van der Waals surface area contributed by atoms with Crippen LogP contribution in [-0.4, -0.2) is 22.1 Å². The van der Waals surface area contributed by atoms with Crippen molar-refractivity contribution in [1.82, 2.24) is 5.32 Å². The average Bonchev–Trinajstić information content (AvgIpc) is 2.79. The van der Waals surface area contributed by atoms with Crippen LogP contribution in [0.1, 0.15) is 26.2 Å². The van der Waals surface area contributed by atoms with Gasteiger partial charge in [-0.05, 0) is 49.9 Å². The molecule has 0 spiro atoms. The maximum absolute atomic E-state index is 12.3. The third kappa shape index (κ3) is 1.90. The summed E-state index contributed by atoms with van der Waals surface area (Å²) in [4.78, 5) is 12.3. The van der Waals surface area contributed by atoms with Gasteiger partial charge in [0.25, 0.3) is 0 Å². The highest BCUT2D eigenvalue weighted by atomic mass is 79.9. The molecule has 4 unspecified atom stereocenters. The van der Waals surface area contributed by atoms with Crippen LogP contribution in [0, 0.1) is 29.6 Å². The fraction of sp³-hybridized carbons (Fsp3) is 0.923. The number of halogens is 2. The molecule has 0 aromatic carbocycles. The van der Waals surface area contributed by atoms with E-state index >= 15 is 0 Å². The maximum Gasteiger partial charge on any atom is 0.224 e. The number of carbonyl (C=O) groups is 1. The van der Waals surface area contributed by atoms with E-state index < -0.39 is 0 Å². The molecular formula is C13H19Br2NO. The molecule has 2 nitrogen and oxygen atoms in total. The molecule has 4 atom stereocenters. The Morgan fingerprint density at radius 2 is 1.76 bits per heavy atom. The van der Waals surface area contributed by atoms with E-state index in [4.69, 9.17) is 0 Å². The molecule has 3 rings (SSSR count). The zero-order valence-electron chi connectivity index (χ0n) is 10.1. The lowest BCUT2D eigenvalue weighted by Crippen LogP contribution is -2.50. The zero-order chi connectivity index (χ0) is 12.2. The second-order valence-corrected chi connectivity index (χ2v) is 7.45. The number of rotatable bonds is 4. The number of nitrogens with one attached hydrogen (secondary N) is 1. The van der Waals surface area contributed by atoms with Gasteiger partial charge in [-0.15, -0.1) is 0 Å². The smallest absolute Gasteiger partial charge is 0.224 e. The Morgan fingerprint density at radius 3 is 2.24 bits per heavy atom. The predicted molar refractivity (Wildman–Crippen MR) is 75.4 cm³/mol. The van der Waals surface area contributed by atoms with E-state index in [0.717, 1.165) is 34.3 Å². The maximum atomic E-state index is 12.3. The van der Waals surface area contributed by atoms with E-state index in [1.807, 2.05) is 0 Å². The standard InChI is InChI=1S/C13H19Br2NO/c1-13(5-14,6-15)16-12(17)11-9-7-2-3-8(4-7)10(9)11/h7-11H,2-6H2,1H3,(H,16,17). The van der Waals surface area contributed by atoms with Crippen LogP contribution >= 0.6 is 31.9 Å². The summed E-state index contributed by atoms with van der Waals surface area (Å²) >= 11 is 6.97. The van der Waals surface area contributed by atoms with Gasteiger partial charge >= 0.3 is 0 Å². The first kappa shape index (κ1) is 12.5. The van der Waals surface area contributed by atoms with Crippen molar-refractivity contribution in [3.63, 3.8) is 0 Å². The molecule has 0 aliphatic heterocycles. The minimum atomic E-state index is -0.146. The van der Waals surface area contributed by atoms with Crippen molar-refractivity contribution >= 4 is 37.8 Å². The third-order valence-corrected chi connectivity index (χ3v) is 7.53. The molecule has 0 heterocycles. The van der Waals surface area contributed by atoms with Crippen molar-refractivity contribution in [3.05, 3.63) is 0 Å². The van der Waals surface area contributed by atoms with Crippen molar-refractivity contribution < 1.29 is 4.79 Å². The van der Waals surface area contributed by atoms with E-state index in [-0.39, 0.29) is 5.54 Å². The van der Waals surface area contributed by atoms with Crippen molar-refractivity contribution in [2.45, 2.75) is 31.7 Å². The minimum Gasteiger partial charge on any atom is -0.349 e. The molecule has 17 heavy (non-hydrogen) atoms. The van der Waals surface area contributed by atoms with Crippen LogP contribution < -0.4 is 5.32 Å². The number of fused-ring (bicyclic) bond motifs is 5. The second-order valence-electron chi connectivity index (χ2n) is 6.33. The predicted octanol–water partition coefficient (Wildman–Crippen LogP) is 2.94. The van der Waals surface area contributed by atoms with Gasteiger partial charge in [-0.2, -0.15) is 0 Å². The molecule has 1 amide bonds. The summed E-state index contributed by atoms with van der Waals surface area (Å²) in [5.74, 6) is 3.88.